The van der Waals surface area contributed by atoms with Gasteiger partial charge in [-0.05, 0) is 48.9 Å². The molecule has 0 N–H and O–H groups in total. The molecule has 1 amide bonds. The summed E-state index contributed by atoms with van der Waals surface area (Å²) in [5, 5.41) is 0.558. The Balaban J connectivity index is 1.55. The normalized spacial score (nSPS) is 15.4. The van der Waals surface area contributed by atoms with Gasteiger partial charge in [0.2, 0.25) is 11.7 Å². The van der Waals surface area contributed by atoms with Crippen LogP contribution in [-0.4, -0.2) is 43.4 Å². The van der Waals surface area contributed by atoms with Gasteiger partial charge in [0, 0.05) is 29.2 Å². The number of carbonyl (C=O) groups is 4. The molecule has 174 valence electrons. The number of rotatable bonds is 9. The fourth-order valence-electron chi connectivity index (χ4n) is 3.33. The lowest BCUT2D eigenvalue weighted by molar-refractivity contribution is -0.147. The van der Waals surface area contributed by atoms with Crippen LogP contribution < -0.4 is 4.90 Å². The van der Waals surface area contributed by atoms with E-state index in [9.17, 15) is 19.2 Å². The van der Waals surface area contributed by atoms with E-state index in [1.54, 1.807) is 24.3 Å². The van der Waals surface area contributed by atoms with Gasteiger partial charge >= 0.3 is 11.9 Å². The molecule has 9 heteroatoms. The maximum absolute atomic E-state index is 12.4. The molecule has 1 atom stereocenters. The number of esters is 2. The molecule has 1 saturated heterocycles. The van der Waals surface area contributed by atoms with Crippen LogP contribution in [-0.2, 0) is 19.1 Å². The van der Waals surface area contributed by atoms with E-state index in [-0.39, 0.29) is 29.5 Å². The number of anilines is 1. The average Bonchev–Trinajstić information content (AvgIpc) is 3.19. The number of hydrogen-bond acceptors (Lipinski definition) is 6. The molecule has 2 aromatic carbocycles. The fraction of sp³-hybridized carbons (Fsp3) is 0.333. The first kappa shape index (κ1) is 24.7. The van der Waals surface area contributed by atoms with Crippen LogP contribution in [0.1, 0.15) is 46.9 Å². The van der Waals surface area contributed by atoms with Crippen LogP contribution in [0.3, 0.4) is 0 Å². The number of carbonyl (C=O) groups excluding carboxylic acids is 4. The van der Waals surface area contributed by atoms with Gasteiger partial charge in [0.15, 0.2) is 6.61 Å². The van der Waals surface area contributed by atoms with E-state index < -0.39 is 30.2 Å². The molecule has 0 bridgehead atoms. The van der Waals surface area contributed by atoms with E-state index in [0.717, 1.165) is 12.8 Å². The molecule has 7 nitrogen and oxygen atoms in total. The van der Waals surface area contributed by atoms with Gasteiger partial charge in [-0.3, -0.25) is 14.4 Å². The Kier molecular flexibility index (Phi) is 8.47. The van der Waals surface area contributed by atoms with Crippen LogP contribution in [0.2, 0.25) is 10.0 Å². The van der Waals surface area contributed by atoms with Crippen molar-refractivity contribution in [2.24, 2.45) is 5.92 Å². The van der Waals surface area contributed by atoms with Crippen molar-refractivity contribution in [3.63, 3.8) is 0 Å². The second-order valence-electron chi connectivity index (χ2n) is 7.60. The van der Waals surface area contributed by atoms with E-state index in [2.05, 4.69) is 0 Å². The molecule has 1 aliphatic heterocycles. The zero-order valence-corrected chi connectivity index (χ0v) is 19.5. The van der Waals surface area contributed by atoms with Crippen molar-refractivity contribution in [3.8, 4) is 0 Å². The number of hydrogen-bond donors (Lipinski definition) is 0. The Labute approximate surface area is 201 Å². The fourth-order valence-corrected chi connectivity index (χ4v) is 3.85. The zero-order chi connectivity index (χ0) is 24.0. The van der Waals surface area contributed by atoms with E-state index in [1.165, 1.54) is 23.1 Å². The Morgan fingerprint density at radius 1 is 1.06 bits per heavy atom. The highest BCUT2D eigenvalue weighted by molar-refractivity contribution is 6.36. The lowest BCUT2D eigenvalue weighted by atomic mass is 10.1. The molecule has 0 aromatic heterocycles. The molecule has 0 radical (unpaired) electrons. The number of ether oxygens (including phenoxy) is 2. The number of amides is 1. The molecule has 2 aromatic rings. The first-order valence-corrected chi connectivity index (χ1v) is 11.3. The second kappa shape index (κ2) is 11.3. The van der Waals surface area contributed by atoms with E-state index in [0.29, 0.717) is 22.9 Å². The quantitative estimate of drug-likeness (QED) is 0.286. The van der Waals surface area contributed by atoms with Crippen LogP contribution in [0.25, 0.3) is 0 Å². The third-order valence-corrected chi connectivity index (χ3v) is 5.73. The topological polar surface area (TPSA) is 90.0 Å². The first-order valence-electron chi connectivity index (χ1n) is 10.5. The lowest BCUT2D eigenvalue weighted by Crippen LogP contribution is -2.27. The van der Waals surface area contributed by atoms with Gasteiger partial charge in [0.25, 0.3) is 0 Å². The molecule has 0 aliphatic carbocycles. The van der Waals surface area contributed by atoms with Crippen molar-refractivity contribution >= 4 is 52.5 Å². The number of Topliss-reactive ketones (excluding diaryl/α,β-unsaturated/α-hetero) is 1. The summed E-state index contributed by atoms with van der Waals surface area (Å²) < 4.78 is 10.3. The molecular formula is C24H23Cl2NO6. The van der Waals surface area contributed by atoms with E-state index in [1.807, 2.05) is 6.92 Å². The van der Waals surface area contributed by atoms with E-state index >= 15 is 0 Å². The molecule has 3 rings (SSSR count). The molecule has 33 heavy (non-hydrogen) atoms. The summed E-state index contributed by atoms with van der Waals surface area (Å²) in [4.78, 5) is 50.7. The maximum Gasteiger partial charge on any atom is 0.338 e. The highest BCUT2D eigenvalue weighted by Gasteiger charge is 2.36. The third kappa shape index (κ3) is 6.33. The molecule has 0 unspecified atom stereocenters. The van der Waals surface area contributed by atoms with Crippen LogP contribution >= 0.6 is 23.2 Å². The Morgan fingerprint density at radius 3 is 2.45 bits per heavy atom. The zero-order valence-electron chi connectivity index (χ0n) is 18.0. The first-order chi connectivity index (χ1) is 15.8. The average molecular weight is 492 g/mol. The summed E-state index contributed by atoms with van der Waals surface area (Å²) in [5.74, 6) is -2.48. The summed E-state index contributed by atoms with van der Waals surface area (Å²) in [6.07, 6.45) is 1.69. The van der Waals surface area contributed by atoms with Crippen molar-refractivity contribution in [2.75, 3.05) is 24.7 Å². The standard InChI is InChI=1S/C24H23Cl2NO6/c1-2-3-10-32-23(30)15-4-7-18(8-5-15)27-13-16(11-22(27)29)24(31)33-14-21(28)19-9-6-17(25)12-20(19)26/h4-9,12,16H,2-3,10-11,13-14H2,1H3/t16-/m0/s1. The minimum absolute atomic E-state index is 0.0322. The minimum Gasteiger partial charge on any atom is -0.462 e. The lowest BCUT2D eigenvalue weighted by Gasteiger charge is -2.17. The minimum atomic E-state index is -0.704. The Morgan fingerprint density at radius 2 is 1.79 bits per heavy atom. The molecule has 0 spiro atoms. The van der Waals surface area contributed by atoms with Crippen molar-refractivity contribution in [1.82, 2.24) is 0 Å². The third-order valence-electron chi connectivity index (χ3n) is 5.18. The number of nitrogens with zero attached hydrogens (tertiary/aromatic N) is 1. The van der Waals surface area contributed by atoms with Gasteiger partial charge in [-0.15, -0.1) is 0 Å². The second-order valence-corrected chi connectivity index (χ2v) is 8.44. The Bertz CT molecular complexity index is 1050. The van der Waals surface area contributed by atoms with Crippen molar-refractivity contribution in [1.29, 1.82) is 0 Å². The van der Waals surface area contributed by atoms with Gasteiger partial charge in [-0.25, -0.2) is 4.79 Å². The van der Waals surface area contributed by atoms with Crippen LogP contribution in [0.15, 0.2) is 42.5 Å². The van der Waals surface area contributed by atoms with Gasteiger partial charge in [-0.2, -0.15) is 0 Å². The largest absolute Gasteiger partial charge is 0.462 e. The smallest absolute Gasteiger partial charge is 0.338 e. The number of halogens is 2. The monoisotopic (exact) mass is 491 g/mol. The molecule has 1 aliphatic rings. The molecule has 1 fully saturated rings. The number of unbranched alkanes of at least 4 members (excludes halogenated alkanes) is 1. The van der Waals surface area contributed by atoms with Gasteiger partial charge in [0.1, 0.15) is 0 Å². The van der Waals surface area contributed by atoms with Gasteiger partial charge in [0.05, 0.1) is 23.1 Å². The van der Waals surface area contributed by atoms with Crippen LogP contribution in [0, 0.1) is 5.92 Å². The molecule has 0 saturated carbocycles. The van der Waals surface area contributed by atoms with Gasteiger partial charge in [-0.1, -0.05) is 36.5 Å². The van der Waals surface area contributed by atoms with Crippen LogP contribution in [0.5, 0.6) is 0 Å². The highest BCUT2D eigenvalue weighted by atomic mass is 35.5. The van der Waals surface area contributed by atoms with Crippen molar-refractivity contribution < 1.29 is 28.7 Å². The summed E-state index contributed by atoms with van der Waals surface area (Å²) in [6.45, 7) is 2.00. The van der Waals surface area contributed by atoms with Crippen molar-refractivity contribution in [2.45, 2.75) is 26.2 Å². The number of ketones is 1. The number of benzene rings is 2. The molecule has 1 heterocycles. The highest BCUT2D eigenvalue weighted by Crippen LogP contribution is 2.27. The van der Waals surface area contributed by atoms with E-state index in [4.69, 9.17) is 32.7 Å². The van der Waals surface area contributed by atoms with Gasteiger partial charge < -0.3 is 14.4 Å². The SMILES string of the molecule is CCCCOC(=O)c1ccc(N2C[C@@H](C(=O)OCC(=O)c3ccc(Cl)cc3Cl)CC2=O)cc1. The summed E-state index contributed by atoms with van der Waals surface area (Å²) in [7, 11) is 0. The predicted molar refractivity (Wildman–Crippen MR) is 124 cm³/mol. The predicted octanol–water partition coefficient (Wildman–Crippen LogP) is 4.73. The Hall–Kier alpha value is -2.90. The summed E-state index contributed by atoms with van der Waals surface area (Å²) in [5.41, 5.74) is 1.15. The summed E-state index contributed by atoms with van der Waals surface area (Å²) >= 11 is 11.8. The van der Waals surface area contributed by atoms with Crippen LogP contribution in [0.4, 0.5) is 5.69 Å². The summed E-state index contributed by atoms with van der Waals surface area (Å²) in [6, 6.07) is 10.8. The maximum atomic E-state index is 12.4. The molecular weight excluding hydrogens is 469 g/mol. The van der Waals surface area contributed by atoms with Crippen molar-refractivity contribution in [3.05, 3.63) is 63.6 Å².